The highest BCUT2D eigenvalue weighted by Gasteiger charge is 2.28. The van der Waals surface area contributed by atoms with Crippen LogP contribution in [0, 0.1) is 0 Å². The van der Waals surface area contributed by atoms with E-state index >= 15 is 0 Å². The zero-order chi connectivity index (χ0) is 15.4. The van der Waals surface area contributed by atoms with Crippen molar-refractivity contribution < 1.29 is 14.7 Å². The number of anilines is 1. The largest absolute Gasteiger partial charge is 0.481 e. The Balaban J connectivity index is 2.10. The van der Waals surface area contributed by atoms with E-state index < -0.39 is 5.97 Å². The average Bonchev–Trinajstić information content (AvgIpc) is 2.42. The lowest BCUT2D eigenvalue weighted by Gasteiger charge is -2.35. The van der Waals surface area contributed by atoms with Crippen molar-refractivity contribution in [2.45, 2.75) is 31.7 Å². The number of aliphatic carboxylic acids is 1. The van der Waals surface area contributed by atoms with Crippen molar-refractivity contribution in [3.05, 3.63) is 27.7 Å². The third-order valence-corrected chi connectivity index (χ3v) is 4.29. The van der Waals surface area contributed by atoms with Crippen molar-refractivity contribution in [3.63, 3.8) is 0 Å². The lowest BCUT2D eigenvalue weighted by molar-refractivity contribution is -0.138. The molecule has 114 valence electrons. The summed E-state index contributed by atoms with van der Waals surface area (Å²) >= 11 is 9.38. The van der Waals surface area contributed by atoms with E-state index in [1.807, 2.05) is 0 Å². The molecule has 1 aliphatic rings. The number of likely N-dealkylation sites (tertiary alicyclic amines) is 1. The second-order valence-corrected chi connectivity index (χ2v) is 6.32. The number of nitrogens with zero attached hydrogens (tertiary/aromatic N) is 1. The van der Waals surface area contributed by atoms with E-state index in [4.69, 9.17) is 16.7 Å². The number of amides is 2. The van der Waals surface area contributed by atoms with Crippen molar-refractivity contribution in [1.82, 2.24) is 4.90 Å². The van der Waals surface area contributed by atoms with E-state index in [-0.39, 0.29) is 18.5 Å². The standard InChI is InChI=1S/C14H16BrClN2O3/c15-9-4-5-11(16)12(7-9)17-14(21)18-6-2-1-3-10(18)8-13(19)20/h4-5,7,10H,1-3,6,8H2,(H,17,21)(H,19,20). The minimum atomic E-state index is -0.889. The Morgan fingerprint density at radius 1 is 1.43 bits per heavy atom. The second kappa shape index (κ2) is 7.13. The van der Waals surface area contributed by atoms with Gasteiger partial charge in [-0.3, -0.25) is 4.79 Å². The summed E-state index contributed by atoms with van der Waals surface area (Å²) in [6, 6.07) is 4.62. The topological polar surface area (TPSA) is 69.6 Å². The monoisotopic (exact) mass is 374 g/mol. The van der Waals surface area contributed by atoms with Crippen molar-refractivity contribution in [2.75, 3.05) is 11.9 Å². The fourth-order valence-corrected chi connectivity index (χ4v) is 2.99. The quantitative estimate of drug-likeness (QED) is 0.840. The molecule has 1 heterocycles. The molecule has 0 radical (unpaired) electrons. The molecule has 1 atom stereocenters. The molecule has 0 saturated carbocycles. The minimum absolute atomic E-state index is 0.0281. The average molecular weight is 376 g/mol. The van der Waals surface area contributed by atoms with Crippen molar-refractivity contribution in [2.24, 2.45) is 0 Å². The Kier molecular flexibility index (Phi) is 5.47. The van der Waals surface area contributed by atoms with Gasteiger partial charge in [-0.15, -0.1) is 0 Å². The van der Waals surface area contributed by atoms with Crippen LogP contribution in [0.3, 0.4) is 0 Å². The highest BCUT2D eigenvalue weighted by molar-refractivity contribution is 9.10. The first-order chi connectivity index (χ1) is 9.97. The van der Waals surface area contributed by atoms with Crippen molar-refractivity contribution in [1.29, 1.82) is 0 Å². The lowest BCUT2D eigenvalue weighted by atomic mass is 10.00. The van der Waals surface area contributed by atoms with Gasteiger partial charge in [-0.1, -0.05) is 27.5 Å². The van der Waals surface area contributed by atoms with E-state index in [2.05, 4.69) is 21.2 Å². The molecule has 0 spiro atoms. The molecule has 1 aliphatic heterocycles. The van der Waals surface area contributed by atoms with Crippen LogP contribution in [0.5, 0.6) is 0 Å². The molecule has 0 aromatic heterocycles. The molecule has 7 heteroatoms. The summed E-state index contributed by atoms with van der Waals surface area (Å²) in [5.74, 6) is -0.889. The summed E-state index contributed by atoms with van der Waals surface area (Å²) in [4.78, 5) is 24.9. The second-order valence-electron chi connectivity index (χ2n) is 5.00. The number of rotatable bonds is 3. The summed E-state index contributed by atoms with van der Waals surface area (Å²) in [5, 5.41) is 12.1. The third kappa shape index (κ3) is 4.35. The molecule has 1 aromatic rings. The summed E-state index contributed by atoms with van der Waals surface area (Å²) in [7, 11) is 0. The van der Waals surface area contributed by atoms with Gasteiger partial charge >= 0.3 is 12.0 Å². The van der Waals surface area contributed by atoms with Crippen molar-refractivity contribution in [3.8, 4) is 0 Å². The highest BCUT2D eigenvalue weighted by atomic mass is 79.9. The van der Waals surface area contributed by atoms with Crippen molar-refractivity contribution >= 4 is 45.2 Å². The predicted octanol–water partition coefficient (Wildman–Crippen LogP) is 3.96. The normalized spacial score (nSPS) is 18.4. The van der Waals surface area contributed by atoms with Gasteiger partial charge in [0.05, 0.1) is 17.1 Å². The van der Waals surface area contributed by atoms with Gasteiger partial charge < -0.3 is 15.3 Å². The number of carbonyl (C=O) groups is 2. The summed E-state index contributed by atoms with van der Waals surface area (Å²) < 4.78 is 0.808. The van der Waals surface area contributed by atoms with E-state index in [1.54, 1.807) is 23.1 Å². The Morgan fingerprint density at radius 3 is 2.90 bits per heavy atom. The highest BCUT2D eigenvalue weighted by Crippen LogP contribution is 2.27. The van der Waals surface area contributed by atoms with Gasteiger partial charge in [-0.25, -0.2) is 4.79 Å². The molecule has 5 nitrogen and oxygen atoms in total. The first kappa shape index (κ1) is 16.1. The molecule has 2 N–H and O–H groups in total. The number of carboxylic acid groups (broad SMARTS) is 1. The molecule has 1 aromatic carbocycles. The van der Waals surface area contributed by atoms with E-state index in [0.29, 0.717) is 23.7 Å². The summed E-state index contributed by atoms with van der Waals surface area (Å²) in [6.45, 7) is 0.565. The van der Waals surface area contributed by atoms with Crippen LogP contribution in [0.15, 0.2) is 22.7 Å². The molecule has 1 fully saturated rings. The maximum absolute atomic E-state index is 12.4. The fourth-order valence-electron chi connectivity index (χ4n) is 2.46. The maximum Gasteiger partial charge on any atom is 0.322 e. The van der Waals surface area contributed by atoms with E-state index in [1.165, 1.54) is 0 Å². The van der Waals surface area contributed by atoms with Gasteiger partial charge in [0.25, 0.3) is 0 Å². The summed E-state index contributed by atoms with van der Waals surface area (Å²) in [6.07, 6.45) is 2.51. The number of hydrogen-bond acceptors (Lipinski definition) is 2. The molecular formula is C14H16BrClN2O3. The minimum Gasteiger partial charge on any atom is -0.481 e. The SMILES string of the molecule is O=C(O)CC1CCCCN1C(=O)Nc1cc(Br)ccc1Cl. The Labute approximate surface area is 136 Å². The van der Waals surface area contributed by atoms with Gasteiger partial charge in [0.2, 0.25) is 0 Å². The van der Waals surface area contributed by atoms with Crippen LogP contribution in [-0.2, 0) is 4.79 Å². The van der Waals surface area contributed by atoms with Crippen LogP contribution in [0.1, 0.15) is 25.7 Å². The lowest BCUT2D eigenvalue weighted by Crippen LogP contribution is -2.46. The van der Waals surface area contributed by atoms with Gasteiger partial charge in [0.1, 0.15) is 0 Å². The predicted molar refractivity (Wildman–Crippen MR) is 84.8 cm³/mol. The zero-order valence-electron chi connectivity index (χ0n) is 11.3. The number of nitrogens with one attached hydrogen (secondary N) is 1. The molecular weight excluding hydrogens is 360 g/mol. The number of hydrogen-bond donors (Lipinski definition) is 2. The molecule has 2 rings (SSSR count). The van der Waals surface area contributed by atoms with Crippen LogP contribution in [0.25, 0.3) is 0 Å². The molecule has 2 amide bonds. The number of benzene rings is 1. The van der Waals surface area contributed by atoms with Crippen LogP contribution >= 0.6 is 27.5 Å². The van der Waals surface area contributed by atoms with E-state index in [0.717, 1.165) is 17.3 Å². The van der Waals surface area contributed by atoms with Gasteiger partial charge in [0.15, 0.2) is 0 Å². The van der Waals surface area contributed by atoms with Crippen LogP contribution in [-0.4, -0.2) is 34.6 Å². The first-order valence-electron chi connectivity index (χ1n) is 6.72. The molecule has 21 heavy (non-hydrogen) atoms. The molecule has 0 bridgehead atoms. The van der Waals surface area contributed by atoms with Crippen LogP contribution in [0.4, 0.5) is 10.5 Å². The van der Waals surface area contributed by atoms with Gasteiger partial charge in [0, 0.05) is 17.1 Å². The number of carbonyl (C=O) groups excluding carboxylic acids is 1. The van der Waals surface area contributed by atoms with Crippen LogP contribution < -0.4 is 5.32 Å². The van der Waals surface area contributed by atoms with E-state index in [9.17, 15) is 9.59 Å². The zero-order valence-corrected chi connectivity index (χ0v) is 13.7. The number of urea groups is 1. The summed E-state index contributed by atoms with van der Waals surface area (Å²) in [5.41, 5.74) is 0.510. The number of piperidine rings is 1. The fraction of sp³-hybridized carbons (Fsp3) is 0.429. The number of halogens is 2. The van der Waals surface area contributed by atoms with Gasteiger partial charge in [-0.2, -0.15) is 0 Å². The Bertz CT molecular complexity index is 553. The number of carboxylic acids is 1. The first-order valence-corrected chi connectivity index (χ1v) is 7.89. The molecule has 1 unspecified atom stereocenters. The molecule has 1 saturated heterocycles. The smallest absolute Gasteiger partial charge is 0.322 e. The molecule has 0 aliphatic carbocycles. The van der Waals surface area contributed by atoms with Gasteiger partial charge in [-0.05, 0) is 37.5 Å². The van der Waals surface area contributed by atoms with Crippen LogP contribution in [0.2, 0.25) is 5.02 Å². The Hall–Kier alpha value is -1.27. The Morgan fingerprint density at radius 2 is 2.19 bits per heavy atom. The maximum atomic E-state index is 12.4. The third-order valence-electron chi connectivity index (χ3n) is 3.47.